The number of carbonyl (C=O) groups is 2. The molecule has 0 radical (unpaired) electrons. The predicted octanol–water partition coefficient (Wildman–Crippen LogP) is 1.92. The Balaban J connectivity index is 1.89. The number of hydrogen-bond donors (Lipinski definition) is 3. The average molecular weight is 434 g/mol. The fourth-order valence-corrected chi connectivity index (χ4v) is 3.52. The van der Waals surface area contributed by atoms with E-state index in [2.05, 4.69) is 20.6 Å². The van der Waals surface area contributed by atoms with E-state index in [0.717, 1.165) is 0 Å². The van der Waals surface area contributed by atoms with Gasteiger partial charge in [-0.3, -0.25) is 9.69 Å². The lowest BCUT2D eigenvalue weighted by molar-refractivity contribution is -0.139. The van der Waals surface area contributed by atoms with Crippen molar-refractivity contribution in [2.24, 2.45) is 0 Å². The third-order valence-corrected chi connectivity index (χ3v) is 5.02. The molecule has 0 saturated heterocycles. The first-order chi connectivity index (χ1) is 14.3. The Bertz CT molecular complexity index is 1060. The number of halogens is 1. The van der Waals surface area contributed by atoms with Crippen molar-refractivity contribution < 1.29 is 14.3 Å². The van der Waals surface area contributed by atoms with Crippen LogP contribution in [0.25, 0.3) is 10.9 Å². The van der Waals surface area contributed by atoms with Gasteiger partial charge in [0, 0.05) is 17.3 Å². The molecule has 0 bridgehead atoms. The van der Waals surface area contributed by atoms with E-state index in [1.807, 2.05) is 11.8 Å². The van der Waals surface area contributed by atoms with Gasteiger partial charge in [-0.05, 0) is 38.6 Å². The second-order valence-corrected chi connectivity index (χ2v) is 7.35. The van der Waals surface area contributed by atoms with E-state index in [1.165, 1.54) is 0 Å². The zero-order chi connectivity index (χ0) is 21.8. The fraction of sp³-hybridized carbons (Fsp3) is 0.400. The van der Waals surface area contributed by atoms with Gasteiger partial charge in [0.1, 0.15) is 5.82 Å². The summed E-state index contributed by atoms with van der Waals surface area (Å²) in [4.78, 5) is 46.0. The summed E-state index contributed by atoms with van der Waals surface area (Å²) >= 11 is 6.03. The number of rotatable bonds is 7. The number of aromatic nitrogens is 2. The lowest BCUT2D eigenvalue weighted by atomic mass is 10.0. The maximum atomic E-state index is 12.4. The normalized spacial score (nSPS) is 16.6. The van der Waals surface area contributed by atoms with E-state index >= 15 is 0 Å². The van der Waals surface area contributed by atoms with Crippen LogP contribution in [0.1, 0.15) is 26.6 Å². The molecule has 30 heavy (non-hydrogen) atoms. The third-order valence-electron chi connectivity index (χ3n) is 4.79. The smallest absolute Gasteiger partial charge is 0.337 e. The maximum absolute atomic E-state index is 12.4. The molecule has 0 saturated carbocycles. The molecule has 1 atom stereocenters. The minimum atomic E-state index is -0.479. The first-order valence-corrected chi connectivity index (χ1v) is 10.1. The van der Waals surface area contributed by atoms with E-state index in [9.17, 15) is 14.4 Å². The van der Waals surface area contributed by atoms with Gasteiger partial charge in [-0.25, -0.2) is 14.6 Å². The topological polar surface area (TPSA) is 116 Å². The zero-order valence-corrected chi connectivity index (χ0v) is 17.8. The molecule has 2 heterocycles. The summed E-state index contributed by atoms with van der Waals surface area (Å²) in [5.74, 6) is -0.0151. The van der Waals surface area contributed by atoms with Crippen molar-refractivity contribution in [2.45, 2.75) is 33.4 Å². The quantitative estimate of drug-likeness (QED) is 0.574. The number of urea groups is 1. The summed E-state index contributed by atoms with van der Waals surface area (Å²) in [5, 5.41) is 6.34. The highest BCUT2D eigenvalue weighted by Crippen LogP contribution is 2.17. The Morgan fingerprint density at radius 1 is 1.27 bits per heavy atom. The van der Waals surface area contributed by atoms with Crippen LogP contribution in [0.15, 0.2) is 34.3 Å². The lowest BCUT2D eigenvalue weighted by Gasteiger charge is -2.29. The van der Waals surface area contributed by atoms with Crippen LogP contribution in [0.3, 0.4) is 0 Å². The molecule has 0 spiro atoms. The summed E-state index contributed by atoms with van der Waals surface area (Å²) in [5.41, 5.74) is 1.10. The van der Waals surface area contributed by atoms with Crippen LogP contribution in [0.5, 0.6) is 0 Å². The summed E-state index contributed by atoms with van der Waals surface area (Å²) in [6.07, 6.45) is 0. The molecule has 2 aromatic rings. The lowest BCUT2D eigenvalue weighted by Crippen LogP contribution is -2.51. The summed E-state index contributed by atoms with van der Waals surface area (Å²) in [7, 11) is 0. The molecule has 2 amide bonds. The number of nitrogens with one attached hydrogen (secondary N) is 3. The predicted molar refractivity (Wildman–Crippen MR) is 113 cm³/mol. The molecule has 1 aromatic heterocycles. The van der Waals surface area contributed by atoms with Crippen molar-refractivity contribution in [3.8, 4) is 0 Å². The molecular weight excluding hydrogens is 410 g/mol. The number of ether oxygens (including phenoxy) is 1. The highest BCUT2D eigenvalue weighted by Gasteiger charge is 2.30. The van der Waals surface area contributed by atoms with Gasteiger partial charge in [-0.2, -0.15) is 0 Å². The van der Waals surface area contributed by atoms with Crippen LogP contribution in [0.4, 0.5) is 4.79 Å². The van der Waals surface area contributed by atoms with Gasteiger partial charge >= 0.3 is 12.0 Å². The minimum absolute atomic E-state index is 0.235. The molecule has 1 aliphatic rings. The molecule has 1 aromatic carbocycles. The van der Waals surface area contributed by atoms with Crippen molar-refractivity contribution in [1.29, 1.82) is 0 Å². The number of carbonyl (C=O) groups excluding carboxylic acids is 2. The Labute approximate surface area is 178 Å². The average Bonchev–Trinajstić information content (AvgIpc) is 2.66. The highest BCUT2D eigenvalue weighted by atomic mass is 35.5. The van der Waals surface area contributed by atoms with Crippen LogP contribution in [-0.4, -0.2) is 52.6 Å². The molecule has 0 aliphatic carbocycles. The Kier molecular flexibility index (Phi) is 6.73. The van der Waals surface area contributed by atoms with Crippen molar-refractivity contribution in [3.05, 3.63) is 50.7 Å². The number of benzene rings is 1. The molecule has 9 nitrogen and oxygen atoms in total. The molecule has 0 fully saturated rings. The van der Waals surface area contributed by atoms with Gasteiger partial charge in [-0.15, -0.1) is 0 Å². The number of likely N-dealkylation sites (N-methyl/N-ethyl adjacent to an activating group) is 1. The van der Waals surface area contributed by atoms with E-state index in [4.69, 9.17) is 16.3 Å². The molecular formula is C20H24ClN5O4. The first-order valence-electron chi connectivity index (χ1n) is 9.70. The number of aromatic amines is 1. The van der Waals surface area contributed by atoms with Crippen molar-refractivity contribution >= 4 is 34.5 Å². The largest absolute Gasteiger partial charge is 0.463 e. The molecule has 10 heteroatoms. The van der Waals surface area contributed by atoms with Crippen molar-refractivity contribution in [2.75, 3.05) is 19.7 Å². The van der Waals surface area contributed by atoms with Crippen LogP contribution < -0.4 is 16.2 Å². The Hall–Kier alpha value is -2.91. The monoisotopic (exact) mass is 433 g/mol. The van der Waals surface area contributed by atoms with E-state index in [1.54, 1.807) is 32.0 Å². The van der Waals surface area contributed by atoms with Crippen LogP contribution in [-0.2, 0) is 16.1 Å². The van der Waals surface area contributed by atoms with Gasteiger partial charge in [0.25, 0.3) is 5.56 Å². The van der Waals surface area contributed by atoms with Crippen LogP contribution in [0, 0.1) is 0 Å². The Morgan fingerprint density at radius 3 is 2.73 bits per heavy atom. The van der Waals surface area contributed by atoms with Gasteiger partial charge in [0.2, 0.25) is 0 Å². The summed E-state index contributed by atoms with van der Waals surface area (Å²) in [6.45, 7) is 6.81. The second kappa shape index (κ2) is 9.27. The molecule has 1 aliphatic heterocycles. The fourth-order valence-electron chi connectivity index (χ4n) is 3.35. The number of hydrogen-bond acceptors (Lipinski definition) is 6. The minimum Gasteiger partial charge on any atom is -0.463 e. The molecule has 3 N–H and O–H groups in total. The molecule has 1 unspecified atom stereocenters. The van der Waals surface area contributed by atoms with Gasteiger partial charge < -0.3 is 20.4 Å². The number of amides is 2. The number of nitrogens with zero attached hydrogens (tertiary/aromatic N) is 2. The van der Waals surface area contributed by atoms with E-state index in [-0.39, 0.29) is 24.7 Å². The zero-order valence-electron chi connectivity index (χ0n) is 17.0. The SMILES string of the molecule is CCOC(=O)C1=C(CN(CC)Cc2nc3cc(Cl)ccc3c(=O)[nH]2)NC(=O)NC1C. The molecule has 160 valence electrons. The third kappa shape index (κ3) is 4.80. The van der Waals surface area contributed by atoms with Gasteiger partial charge in [-0.1, -0.05) is 18.5 Å². The van der Waals surface area contributed by atoms with E-state index in [0.29, 0.717) is 46.1 Å². The molecule has 3 rings (SSSR count). The van der Waals surface area contributed by atoms with Crippen molar-refractivity contribution in [3.63, 3.8) is 0 Å². The van der Waals surface area contributed by atoms with Gasteiger partial charge in [0.05, 0.1) is 35.7 Å². The first kappa shape index (κ1) is 21.8. The number of esters is 1. The van der Waals surface area contributed by atoms with Crippen LogP contribution >= 0.6 is 11.6 Å². The maximum Gasteiger partial charge on any atom is 0.337 e. The number of fused-ring (bicyclic) bond motifs is 1. The highest BCUT2D eigenvalue weighted by molar-refractivity contribution is 6.31. The van der Waals surface area contributed by atoms with Gasteiger partial charge in [0.15, 0.2) is 0 Å². The van der Waals surface area contributed by atoms with Crippen LogP contribution in [0.2, 0.25) is 5.02 Å². The second-order valence-electron chi connectivity index (χ2n) is 6.91. The van der Waals surface area contributed by atoms with E-state index < -0.39 is 12.0 Å². The van der Waals surface area contributed by atoms with Crippen molar-refractivity contribution in [1.82, 2.24) is 25.5 Å². The number of H-pyrrole nitrogens is 1. The standard InChI is InChI=1S/C20H24ClN5O4/c1-4-26(9-15-17(19(28)30-5-2)11(3)22-20(29)24-15)10-16-23-14-8-12(21)6-7-13(14)18(27)25-16/h6-8,11H,4-5,9-10H2,1-3H3,(H2,22,24,29)(H,23,25,27). The summed E-state index contributed by atoms with van der Waals surface area (Å²) < 4.78 is 5.15. The summed E-state index contributed by atoms with van der Waals surface area (Å²) in [6, 6.07) is 4.05. The Morgan fingerprint density at radius 2 is 2.03 bits per heavy atom.